The van der Waals surface area contributed by atoms with E-state index >= 15 is 0 Å². The third-order valence-corrected chi connectivity index (χ3v) is 4.45. The van der Waals surface area contributed by atoms with Crippen molar-refractivity contribution in [1.29, 1.82) is 0 Å². The molecule has 0 saturated carbocycles. The van der Waals surface area contributed by atoms with Gasteiger partial charge < -0.3 is 29.2 Å². The molecule has 9 heteroatoms. The van der Waals surface area contributed by atoms with E-state index in [1.807, 2.05) is 0 Å². The van der Waals surface area contributed by atoms with E-state index in [1.54, 1.807) is 49.6 Å². The summed E-state index contributed by atoms with van der Waals surface area (Å²) in [4.78, 5) is 22.5. The van der Waals surface area contributed by atoms with Crippen LogP contribution < -0.4 is 24.3 Å². The lowest BCUT2D eigenvalue weighted by molar-refractivity contribution is 0.110. The molecule has 0 spiro atoms. The number of amides is 2. The van der Waals surface area contributed by atoms with E-state index in [9.17, 15) is 4.79 Å². The third-order valence-electron chi connectivity index (χ3n) is 4.45. The zero-order valence-corrected chi connectivity index (χ0v) is 16.2. The van der Waals surface area contributed by atoms with E-state index in [0.29, 0.717) is 49.0 Å². The summed E-state index contributed by atoms with van der Waals surface area (Å²) in [5.41, 5.74) is 0.568. The Morgan fingerprint density at radius 2 is 1.89 bits per heavy atom. The van der Waals surface area contributed by atoms with Gasteiger partial charge in [0.2, 0.25) is 5.88 Å². The molecular weight excluding hydrogens is 364 g/mol. The van der Waals surface area contributed by atoms with Crippen LogP contribution in [0.5, 0.6) is 23.4 Å². The second kappa shape index (κ2) is 9.12. The molecule has 0 unspecified atom stereocenters. The quantitative estimate of drug-likeness (QED) is 0.813. The lowest BCUT2D eigenvalue weighted by atomic mass is 10.1. The van der Waals surface area contributed by atoms with Gasteiger partial charge in [-0.15, -0.1) is 0 Å². The number of piperidine rings is 1. The van der Waals surface area contributed by atoms with E-state index in [2.05, 4.69) is 15.3 Å². The summed E-state index contributed by atoms with van der Waals surface area (Å²) >= 11 is 0. The normalized spacial score (nSPS) is 14.3. The zero-order valence-electron chi connectivity index (χ0n) is 16.2. The van der Waals surface area contributed by atoms with Crippen molar-refractivity contribution in [3.8, 4) is 23.4 Å². The highest BCUT2D eigenvalue weighted by Gasteiger charge is 2.25. The summed E-state index contributed by atoms with van der Waals surface area (Å²) in [6, 6.07) is 7.12. The van der Waals surface area contributed by atoms with Crippen molar-refractivity contribution in [1.82, 2.24) is 14.9 Å². The maximum absolute atomic E-state index is 12.6. The van der Waals surface area contributed by atoms with Gasteiger partial charge in [0.1, 0.15) is 6.10 Å². The molecule has 1 aliphatic heterocycles. The molecule has 1 aliphatic rings. The van der Waals surface area contributed by atoms with Crippen LogP contribution in [0.2, 0.25) is 0 Å². The highest BCUT2D eigenvalue weighted by molar-refractivity contribution is 5.91. The van der Waals surface area contributed by atoms with Crippen LogP contribution >= 0.6 is 0 Å². The van der Waals surface area contributed by atoms with Crippen molar-refractivity contribution in [2.24, 2.45) is 0 Å². The van der Waals surface area contributed by atoms with Crippen LogP contribution in [0.1, 0.15) is 12.8 Å². The van der Waals surface area contributed by atoms with Crippen LogP contribution in [0, 0.1) is 0 Å². The third kappa shape index (κ3) is 4.54. The molecule has 9 nitrogen and oxygen atoms in total. The highest BCUT2D eigenvalue weighted by Crippen LogP contribution is 2.35. The lowest BCUT2D eigenvalue weighted by Gasteiger charge is -2.32. The maximum atomic E-state index is 12.6. The predicted molar refractivity (Wildman–Crippen MR) is 102 cm³/mol. The smallest absolute Gasteiger partial charge is 0.321 e. The Morgan fingerprint density at radius 1 is 1.11 bits per heavy atom. The molecule has 0 radical (unpaired) electrons. The number of hydrogen-bond donors (Lipinski definition) is 1. The first-order chi connectivity index (χ1) is 13.6. The van der Waals surface area contributed by atoms with Crippen molar-refractivity contribution in [2.45, 2.75) is 18.9 Å². The minimum absolute atomic E-state index is 0.0185. The number of anilines is 1. The second-order valence-corrected chi connectivity index (χ2v) is 6.16. The van der Waals surface area contributed by atoms with Crippen molar-refractivity contribution in [2.75, 3.05) is 39.7 Å². The van der Waals surface area contributed by atoms with Gasteiger partial charge in [-0.05, 0) is 12.1 Å². The predicted octanol–water partition coefficient (Wildman–Crippen LogP) is 2.58. The first kappa shape index (κ1) is 19.5. The van der Waals surface area contributed by atoms with Crippen LogP contribution in [0.3, 0.4) is 0 Å². The first-order valence-corrected chi connectivity index (χ1v) is 8.95. The Morgan fingerprint density at radius 3 is 2.57 bits per heavy atom. The van der Waals surface area contributed by atoms with E-state index in [0.717, 1.165) is 0 Å². The van der Waals surface area contributed by atoms with E-state index in [-0.39, 0.29) is 18.1 Å². The van der Waals surface area contributed by atoms with Gasteiger partial charge in [-0.25, -0.2) is 9.78 Å². The molecule has 1 saturated heterocycles. The number of methoxy groups -OCH3 is 3. The number of likely N-dealkylation sites (tertiary alicyclic amines) is 1. The number of benzene rings is 1. The number of carbonyl (C=O) groups is 1. The Labute approximate surface area is 163 Å². The summed E-state index contributed by atoms with van der Waals surface area (Å²) in [7, 11) is 4.60. The first-order valence-electron chi connectivity index (χ1n) is 8.95. The number of para-hydroxylation sites is 1. The summed E-state index contributed by atoms with van der Waals surface area (Å²) in [5, 5.41) is 2.89. The zero-order chi connectivity index (χ0) is 19.9. The second-order valence-electron chi connectivity index (χ2n) is 6.16. The van der Waals surface area contributed by atoms with Crippen LogP contribution in [0.25, 0.3) is 0 Å². The van der Waals surface area contributed by atoms with E-state index in [1.165, 1.54) is 7.11 Å². The molecule has 2 aromatic rings. The standard InChI is InChI=1S/C19H24N4O5/c1-25-15-6-4-5-14(17(15)26-2)21-19(24)23-11-8-13(9-12-23)28-16-7-10-20-18(22-16)27-3/h4-7,10,13H,8-9,11-12H2,1-3H3,(H,21,24). The number of nitrogens with zero attached hydrogens (tertiary/aromatic N) is 3. The molecule has 2 heterocycles. The molecule has 3 rings (SSSR count). The Hall–Kier alpha value is -3.23. The van der Waals surface area contributed by atoms with Crippen LogP contribution in [-0.2, 0) is 0 Å². The number of nitrogens with one attached hydrogen (secondary N) is 1. The Balaban J connectivity index is 1.55. The number of ether oxygens (including phenoxy) is 4. The van der Waals surface area contributed by atoms with Gasteiger partial charge in [0, 0.05) is 38.2 Å². The molecule has 0 bridgehead atoms. The number of hydrogen-bond acceptors (Lipinski definition) is 7. The number of rotatable bonds is 6. The summed E-state index contributed by atoms with van der Waals surface area (Å²) in [6.07, 6.45) is 2.98. The fourth-order valence-electron chi connectivity index (χ4n) is 3.02. The molecule has 1 aromatic carbocycles. The van der Waals surface area contributed by atoms with Gasteiger partial charge in [-0.2, -0.15) is 4.98 Å². The van der Waals surface area contributed by atoms with Crippen molar-refractivity contribution >= 4 is 11.7 Å². The van der Waals surface area contributed by atoms with Crippen LogP contribution in [0.4, 0.5) is 10.5 Å². The van der Waals surface area contributed by atoms with Crippen molar-refractivity contribution in [3.63, 3.8) is 0 Å². The van der Waals surface area contributed by atoms with Crippen molar-refractivity contribution in [3.05, 3.63) is 30.5 Å². The highest BCUT2D eigenvalue weighted by atomic mass is 16.5. The SMILES string of the molecule is COc1nccc(OC2CCN(C(=O)Nc3cccc(OC)c3OC)CC2)n1. The van der Waals surface area contributed by atoms with Gasteiger partial charge >= 0.3 is 12.0 Å². The van der Waals surface area contributed by atoms with Crippen molar-refractivity contribution < 1.29 is 23.7 Å². The van der Waals surface area contributed by atoms with Gasteiger partial charge in [0.15, 0.2) is 11.5 Å². The number of carbonyl (C=O) groups excluding carboxylic acids is 1. The van der Waals surface area contributed by atoms with Gasteiger partial charge in [-0.3, -0.25) is 0 Å². The molecule has 0 aliphatic carbocycles. The molecule has 1 N–H and O–H groups in total. The fourth-order valence-corrected chi connectivity index (χ4v) is 3.02. The minimum Gasteiger partial charge on any atom is -0.493 e. The average Bonchev–Trinajstić information content (AvgIpc) is 2.74. The van der Waals surface area contributed by atoms with E-state index < -0.39 is 0 Å². The Kier molecular flexibility index (Phi) is 6.36. The summed E-state index contributed by atoms with van der Waals surface area (Å²) in [6.45, 7) is 1.15. The molecule has 1 fully saturated rings. The molecule has 1 aromatic heterocycles. The molecule has 150 valence electrons. The van der Waals surface area contributed by atoms with Gasteiger partial charge in [0.25, 0.3) is 0 Å². The Bertz CT molecular complexity index is 809. The van der Waals surface area contributed by atoms with E-state index in [4.69, 9.17) is 18.9 Å². The molecule has 2 amide bonds. The number of aromatic nitrogens is 2. The van der Waals surface area contributed by atoms with Crippen LogP contribution in [-0.4, -0.2) is 61.4 Å². The topological polar surface area (TPSA) is 95.0 Å². The molecule has 28 heavy (non-hydrogen) atoms. The van der Waals surface area contributed by atoms with Crippen LogP contribution in [0.15, 0.2) is 30.5 Å². The monoisotopic (exact) mass is 388 g/mol. The fraction of sp³-hybridized carbons (Fsp3) is 0.421. The molecular formula is C19H24N4O5. The maximum Gasteiger partial charge on any atom is 0.321 e. The summed E-state index contributed by atoms with van der Waals surface area (Å²) < 4.78 is 21.5. The lowest BCUT2D eigenvalue weighted by Crippen LogP contribution is -2.43. The number of urea groups is 1. The largest absolute Gasteiger partial charge is 0.493 e. The van der Waals surface area contributed by atoms with Gasteiger partial charge in [-0.1, -0.05) is 6.07 Å². The minimum atomic E-state index is -0.186. The van der Waals surface area contributed by atoms with Gasteiger partial charge in [0.05, 0.1) is 27.0 Å². The average molecular weight is 388 g/mol. The molecule has 0 atom stereocenters. The summed E-state index contributed by atoms with van der Waals surface area (Å²) in [5.74, 6) is 1.53.